The molecular formula is C31H35FN2O3. The molecule has 6 heteroatoms. The van der Waals surface area contributed by atoms with E-state index < -0.39 is 17.6 Å². The Bertz CT molecular complexity index is 1300. The summed E-state index contributed by atoms with van der Waals surface area (Å²) in [4.78, 5) is 28.0. The topological polar surface area (TPSA) is 58.6 Å². The maximum absolute atomic E-state index is 14.2. The Balaban J connectivity index is 1.58. The number of carbonyl (C=O) groups excluding carboxylic acids is 2. The van der Waals surface area contributed by atoms with Crippen molar-refractivity contribution in [3.8, 4) is 5.75 Å². The number of fused-ring (bicyclic) bond motifs is 1. The van der Waals surface area contributed by atoms with Crippen molar-refractivity contribution >= 4 is 11.8 Å². The highest BCUT2D eigenvalue weighted by Crippen LogP contribution is 2.39. The van der Waals surface area contributed by atoms with Gasteiger partial charge in [0.25, 0.3) is 5.91 Å². The average Bonchev–Trinajstić information content (AvgIpc) is 2.85. The Morgan fingerprint density at radius 2 is 1.84 bits per heavy atom. The van der Waals surface area contributed by atoms with Gasteiger partial charge in [0.05, 0.1) is 6.04 Å². The van der Waals surface area contributed by atoms with Crippen LogP contribution in [0.3, 0.4) is 0 Å². The molecule has 0 radical (unpaired) electrons. The molecule has 1 aliphatic rings. The van der Waals surface area contributed by atoms with Gasteiger partial charge >= 0.3 is 0 Å². The molecule has 37 heavy (non-hydrogen) atoms. The van der Waals surface area contributed by atoms with Gasteiger partial charge in [0, 0.05) is 18.5 Å². The molecule has 0 fully saturated rings. The third-order valence-corrected chi connectivity index (χ3v) is 6.64. The quantitative estimate of drug-likeness (QED) is 0.468. The summed E-state index contributed by atoms with van der Waals surface area (Å²) in [7, 11) is 0. The normalized spacial score (nSPS) is 16.1. The molecule has 0 bridgehead atoms. The van der Waals surface area contributed by atoms with Crippen LogP contribution in [0, 0.1) is 18.2 Å². The van der Waals surface area contributed by atoms with Gasteiger partial charge in [-0.3, -0.25) is 9.59 Å². The second kappa shape index (κ2) is 10.8. The molecule has 0 aromatic heterocycles. The molecular weight excluding hydrogens is 467 g/mol. The Morgan fingerprint density at radius 3 is 2.54 bits per heavy atom. The fraction of sp³-hybridized carbons (Fsp3) is 0.355. The summed E-state index contributed by atoms with van der Waals surface area (Å²) in [6.07, 6.45) is -0.0261. The van der Waals surface area contributed by atoms with Crippen LogP contribution in [0.25, 0.3) is 0 Å². The van der Waals surface area contributed by atoms with Crippen LogP contribution in [0.15, 0.2) is 66.7 Å². The van der Waals surface area contributed by atoms with Crippen molar-refractivity contribution in [3.63, 3.8) is 0 Å². The summed E-state index contributed by atoms with van der Waals surface area (Å²) in [6.45, 7) is 10.4. The first kappa shape index (κ1) is 26.4. The summed E-state index contributed by atoms with van der Waals surface area (Å²) < 4.78 is 20.3. The summed E-state index contributed by atoms with van der Waals surface area (Å²) >= 11 is 0. The lowest BCUT2D eigenvalue weighted by Gasteiger charge is -2.41. The molecule has 0 saturated heterocycles. The molecule has 0 aliphatic carbocycles. The minimum Gasteiger partial charge on any atom is -0.481 e. The van der Waals surface area contributed by atoms with Gasteiger partial charge in [0.1, 0.15) is 11.6 Å². The molecule has 0 spiro atoms. The number of amides is 2. The zero-order chi connectivity index (χ0) is 26.7. The Labute approximate surface area is 218 Å². The number of aryl methyl sites for hydroxylation is 1. The number of halogens is 1. The van der Waals surface area contributed by atoms with Crippen molar-refractivity contribution in [1.29, 1.82) is 0 Å². The van der Waals surface area contributed by atoms with E-state index in [0.717, 1.165) is 22.3 Å². The van der Waals surface area contributed by atoms with Crippen molar-refractivity contribution in [2.75, 3.05) is 6.54 Å². The van der Waals surface area contributed by atoms with Gasteiger partial charge in [0.2, 0.25) is 5.91 Å². The molecule has 1 aliphatic heterocycles. The molecule has 0 unspecified atom stereocenters. The number of nitrogens with one attached hydrogen (secondary N) is 1. The maximum Gasteiger partial charge on any atom is 0.261 e. The van der Waals surface area contributed by atoms with E-state index in [-0.39, 0.29) is 17.6 Å². The number of hydrogen-bond acceptors (Lipinski definition) is 3. The van der Waals surface area contributed by atoms with Crippen LogP contribution in [-0.4, -0.2) is 29.4 Å². The number of hydrogen-bond donors (Lipinski definition) is 1. The number of benzene rings is 3. The molecule has 1 heterocycles. The fourth-order valence-electron chi connectivity index (χ4n) is 4.76. The van der Waals surface area contributed by atoms with Crippen LogP contribution in [0.4, 0.5) is 4.39 Å². The van der Waals surface area contributed by atoms with Gasteiger partial charge in [-0.05, 0) is 66.8 Å². The lowest BCUT2D eigenvalue weighted by molar-refractivity contribution is -0.141. The van der Waals surface area contributed by atoms with Crippen molar-refractivity contribution in [2.24, 2.45) is 5.41 Å². The van der Waals surface area contributed by atoms with Crippen LogP contribution in [0.1, 0.15) is 61.6 Å². The van der Waals surface area contributed by atoms with Gasteiger partial charge in [-0.15, -0.1) is 0 Å². The summed E-state index contributed by atoms with van der Waals surface area (Å²) in [5.74, 6) is -0.0319. The van der Waals surface area contributed by atoms with Crippen LogP contribution >= 0.6 is 0 Å². The second-order valence-electron chi connectivity index (χ2n) is 10.8. The first-order valence-corrected chi connectivity index (χ1v) is 12.7. The highest BCUT2D eigenvalue weighted by molar-refractivity contribution is 5.83. The van der Waals surface area contributed by atoms with Crippen molar-refractivity contribution in [2.45, 2.75) is 59.7 Å². The molecule has 5 nitrogen and oxygen atoms in total. The lowest BCUT2D eigenvalue weighted by Crippen LogP contribution is -2.45. The fourth-order valence-corrected chi connectivity index (χ4v) is 4.76. The molecule has 3 aromatic rings. The number of ether oxygens (including phenoxy) is 1. The van der Waals surface area contributed by atoms with Crippen molar-refractivity contribution in [3.05, 3.63) is 100 Å². The largest absolute Gasteiger partial charge is 0.481 e. The van der Waals surface area contributed by atoms with E-state index in [1.165, 1.54) is 12.1 Å². The number of carbonyl (C=O) groups is 2. The highest BCUT2D eigenvalue weighted by atomic mass is 19.1. The summed E-state index contributed by atoms with van der Waals surface area (Å²) in [5, 5.41) is 2.93. The van der Waals surface area contributed by atoms with Crippen LogP contribution in [-0.2, 0) is 22.6 Å². The maximum atomic E-state index is 14.2. The third kappa shape index (κ3) is 6.19. The second-order valence-corrected chi connectivity index (χ2v) is 10.8. The first-order chi connectivity index (χ1) is 17.5. The minimum absolute atomic E-state index is 0.00243. The number of rotatable bonds is 6. The van der Waals surface area contributed by atoms with Gasteiger partial charge in [-0.25, -0.2) is 4.39 Å². The van der Waals surface area contributed by atoms with Crippen LogP contribution in [0.5, 0.6) is 5.75 Å². The zero-order valence-electron chi connectivity index (χ0n) is 22.2. The van der Waals surface area contributed by atoms with E-state index in [9.17, 15) is 14.0 Å². The molecule has 2 atom stereocenters. The summed E-state index contributed by atoms with van der Waals surface area (Å²) in [6, 6.07) is 19.7. The molecule has 4 rings (SSSR count). The SMILES string of the molecule is Cc1cccc(CNC(=O)[C@H](C)Oc2ccc3c(c2)[C@@H](c2cccc(F)c2)N(C(=O)C(C)(C)C)CC3)c1. The van der Waals surface area contributed by atoms with Gasteiger partial charge in [-0.2, -0.15) is 0 Å². The Morgan fingerprint density at radius 1 is 1.08 bits per heavy atom. The predicted molar refractivity (Wildman–Crippen MR) is 143 cm³/mol. The van der Waals surface area contributed by atoms with E-state index in [1.807, 2.05) is 81.1 Å². The van der Waals surface area contributed by atoms with Gasteiger partial charge in [-0.1, -0.05) is 68.8 Å². The van der Waals surface area contributed by atoms with Crippen molar-refractivity contribution in [1.82, 2.24) is 10.2 Å². The van der Waals surface area contributed by atoms with E-state index >= 15 is 0 Å². The van der Waals surface area contributed by atoms with Crippen LogP contribution < -0.4 is 10.1 Å². The molecule has 3 aromatic carbocycles. The predicted octanol–water partition coefficient (Wildman–Crippen LogP) is 5.74. The molecule has 0 saturated carbocycles. The average molecular weight is 503 g/mol. The first-order valence-electron chi connectivity index (χ1n) is 12.7. The summed E-state index contributed by atoms with van der Waals surface area (Å²) in [5.41, 5.74) is 4.25. The van der Waals surface area contributed by atoms with E-state index in [2.05, 4.69) is 5.32 Å². The highest BCUT2D eigenvalue weighted by Gasteiger charge is 2.37. The molecule has 2 amide bonds. The standard InChI is InChI=1S/C31H35FN2O3/c1-20-8-6-9-22(16-20)19-33-29(35)21(2)37-26-13-12-23-14-15-34(30(36)31(3,4)5)28(27(23)18-26)24-10-7-11-25(32)17-24/h6-13,16-18,21,28H,14-15,19H2,1-5H3,(H,33,35)/t21-,28+/m0/s1. The Hall–Kier alpha value is -3.67. The van der Waals surface area contributed by atoms with Crippen molar-refractivity contribution < 1.29 is 18.7 Å². The molecule has 1 N–H and O–H groups in total. The minimum atomic E-state index is -0.716. The zero-order valence-corrected chi connectivity index (χ0v) is 22.2. The lowest BCUT2D eigenvalue weighted by atomic mass is 9.85. The van der Waals surface area contributed by atoms with Crippen LogP contribution in [0.2, 0.25) is 0 Å². The van der Waals surface area contributed by atoms with E-state index in [4.69, 9.17) is 4.74 Å². The third-order valence-electron chi connectivity index (χ3n) is 6.64. The van der Waals surface area contributed by atoms with E-state index in [0.29, 0.717) is 30.8 Å². The number of nitrogens with zero attached hydrogens (tertiary/aromatic N) is 1. The smallest absolute Gasteiger partial charge is 0.261 e. The molecule has 194 valence electrons. The monoisotopic (exact) mass is 502 g/mol. The Kier molecular flexibility index (Phi) is 7.67. The van der Waals surface area contributed by atoms with E-state index in [1.54, 1.807) is 13.0 Å². The van der Waals surface area contributed by atoms with Gasteiger partial charge < -0.3 is 15.0 Å². The van der Waals surface area contributed by atoms with Gasteiger partial charge in [0.15, 0.2) is 6.10 Å².